The summed E-state index contributed by atoms with van der Waals surface area (Å²) in [6.07, 6.45) is 0. The maximum absolute atomic E-state index is 12.4. The molecule has 2 aromatic carbocycles. The summed E-state index contributed by atoms with van der Waals surface area (Å²) in [5.41, 5.74) is 1.08. The largest absolute Gasteiger partial charge is 0.482 e. The van der Waals surface area contributed by atoms with Crippen molar-refractivity contribution in [3.05, 3.63) is 48.0 Å². The summed E-state index contributed by atoms with van der Waals surface area (Å²) in [5, 5.41) is 11.3. The fourth-order valence-electron chi connectivity index (χ4n) is 2.06. The monoisotopic (exact) mass is 329 g/mol. The van der Waals surface area contributed by atoms with E-state index in [9.17, 15) is 13.2 Å². The van der Waals surface area contributed by atoms with Crippen LogP contribution in [0.15, 0.2) is 47.4 Å². The molecular formula is C15H11N3O4S. The molecule has 8 heteroatoms. The number of nitrogens with zero attached hydrogens (tertiary/aromatic N) is 1. The molecule has 0 atom stereocenters. The topological polar surface area (TPSA) is 108 Å². The summed E-state index contributed by atoms with van der Waals surface area (Å²) in [6, 6.07) is 12.2. The fraction of sp³-hybridized carbons (Fsp3) is 0.0667. The number of anilines is 2. The van der Waals surface area contributed by atoms with E-state index < -0.39 is 10.0 Å². The third-order valence-corrected chi connectivity index (χ3v) is 4.54. The second-order valence-corrected chi connectivity index (χ2v) is 6.47. The summed E-state index contributed by atoms with van der Waals surface area (Å²) in [6.45, 7) is -0.0947. The van der Waals surface area contributed by atoms with E-state index in [0.717, 1.165) is 0 Å². The molecule has 1 amide bonds. The summed E-state index contributed by atoms with van der Waals surface area (Å²) in [7, 11) is -3.82. The van der Waals surface area contributed by atoms with Gasteiger partial charge in [0, 0.05) is 5.69 Å². The summed E-state index contributed by atoms with van der Waals surface area (Å²) < 4.78 is 32.4. The number of nitriles is 1. The zero-order chi connectivity index (χ0) is 16.4. The highest BCUT2D eigenvalue weighted by molar-refractivity contribution is 7.92. The first kappa shape index (κ1) is 14.9. The minimum Gasteiger partial charge on any atom is -0.482 e. The molecule has 3 rings (SSSR count). The molecule has 0 fully saturated rings. The van der Waals surface area contributed by atoms with Gasteiger partial charge in [-0.15, -0.1) is 0 Å². The third kappa shape index (κ3) is 3.09. The number of benzene rings is 2. The van der Waals surface area contributed by atoms with Gasteiger partial charge in [0.05, 0.1) is 22.2 Å². The molecule has 0 spiro atoms. The average molecular weight is 329 g/mol. The van der Waals surface area contributed by atoms with Gasteiger partial charge in [0.15, 0.2) is 6.61 Å². The van der Waals surface area contributed by atoms with Crippen molar-refractivity contribution in [1.82, 2.24) is 0 Å². The number of nitrogens with one attached hydrogen (secondary N) is 2. The van der Waals surface area contributed by atoms with Crippen LogP contribution in [-0.2, 0) is 14.8 Å². The number of carbonyl (C=O) groups excluding carboxylic acids is 1. The molecule has 0 radical (unpaired) electrons. The van der Waals surface area contributed by atoms with Crippen LogP contribution >= 0.6 is 0 Å². The minimum atomic E-state index is -3.82. The first-order chi connectivity index (χ1) is 11.0. The van der Waals surface area contributed by atoms with Crippen molar-refractivity contribution in [2.24, 2.45) is 0 Å². The van der Waals surface area contributed by atoms with Crippen LogP contribution in [0.1, 0.15) is 5.56 Å². The molecule has 1 heterocycles. The predicted molar refractivity (Wildman–Crippen MR) is 82.5 cm³/mol. The van der Waals surface area contributed by atoms with Crippen molar-refractivity contribution in [2.45, 2.75) is 4.90 Å². The van der Waals surface area contributed by atoms with Gasteiger partial charge in [0.25, 0.3) is 15.9 Å². The lowest BCUT2D eigenvalue weighted by molar-refractivity contribution is -0.118. The molecule has 1 aliphatic heterocycles. The molecule has 0 unspecified atom stereocenters. The van der Waals surface area contributed by atoms with Gasteiger partial charge in [-0.1, -0.05) is 0 Å². The van der Waals surface area contributed by atoms with Crippen LogP contribution in [0.4, 0.5) is 11.4 Å². The predicted octanol–water partition coefficient (Wildman–Crippen LogP) is 1.69. The van der Waals surface area contributed by atoms with E-state index in [2.05, 4.69) is 10.0 Å². The Labute approximate surface area is 132 Å². The molecule has 116 valence electrons. The molecule has 0 aliphatic carbocycles. The Kier molecular flexibility index (Phi) is 3.64. The van der Waals surface area contributed by atoms with Crippen LogP contribution < -0.4 is 14.8 Å². The van der Waals surface area contributed by atoms with Crippen molar-refractivity contribution >= 4 is 27.3 Å². The van der Waals surface area contributed by atoms with Gasteiger partial charge >= 0.3 is 0 Å². The van der Waals surface area contributed by atoms with Gasteiger partial charge in [-0.3, -0.25) is 9.52 Å². The highest BCUT2D eigenvalue weighted by atomic mass is 32.2. The second-order valence-electron chi connectivity index (χ2n) is 4.79. The number of hydrogen-bond acceptors (Lipinski definition) is 5. The standard InChI is InChI=1S/C15H11N3O4S/c16-8-10-1-3-11(4-2-10)18-23(20,21)12-5-6-14-13(7-12)17-15(19)9-22-14/h1-7,18H,9H2,(H,17,19). The van der Waals surface area contributed by atoms with Crippen molar-refractivity contribution in [3.63, 3.8) is 0 Å². The minimum absolute atomic E-state index is 0.00795. The Morgan fingerprint density at radius 1 is 1.17 bits per heavy atom. The number of carbonyl (C=O) groups is 1. The molecule has 0 aromatic heterocycles. The summed E-state index contributed by atoms with van der Waals surface area (Å²) in [4.78, 5) is 11.3. The fourth-order valence-corrected chi connectivity index (χ4v) is 3.14. The van der Waals surface area contributed by atoms with E-state index in [0.29, 0.717) is 22.7 Å². The normalized spacial score (nSPS) is 13.3. The van der Waals surface area contributed by atoms with Crippen LogP contribution in [0.25, 0.3) is 0 Å². The van der Waals surface area contributed by atoms with Crippen LogP contribution in [0.5, 0.6) is 5.75 Å². The lowest BCUT2D eigenvalue weighted by Gasteiger charge is -2.18. The van der Waals surface area contributed by atoms with Crippen LogP contribution in [0.3, 0.4) is 0 Å². The van der Waals surface area contributed by atoms with E-state index >= 15 is 0 Å². The van der Waals surface area contributed by atoms with E-state index in [1.165, 1.54) is 42.5 Å². The Morgan fingerprint density at radius 2 is 1.91 bits per heavy atom. The van der Waals surface area contributed by atoms with Crippen LogP contribution in [-0.4, -0.2) is 20.9 Å². The quantitative estimate of drug-likeness (QED) is 0.891. The van der Waals surface area contributed by atoms with E-state index in [1.54, 1.807) is 0 Å². The molecule has 23 heavy (non-hydrogen) atoms. The molecule has 7 nitrogen and oxygen atoms in total. The maximum Gasteiger partial charge on any atom is 0.262 e. The highest BCUT2D eigenvalue weighted by Crippen LogP contribution is 2.30. The van der Waals surface area contributed by atoms with Gasteiger partial charge in [0.1, 0.15) is 5.75 Å². The lowest BCUT2D eigenvalue weighted by atomic mass is 10.2. The zero-order valence-corrected chi connectivity index (χ0v) is 12.6. The number of rotatable bonds is 3. The van der Waals surface area contributed by atoms with E-state index in [-0.39, 0.29) is 17.4 Å². The van der Waals surface area contributed by atoms with Crippen molar-refractivity contribution in [3.8, 4) is 11.8 Å². The highest BCUT2D eigenvalue weighted by Gasteiger charge is 2.21. The lowest BCUT2D eigenvalue weighted by Crippen LogP contribution is -2.25. The van der Waals surface area contributed by atoms with Gasteiger partial charge in [-0.2, -0.15) is 5.26 Å². The zero-order valence-electron chi connectivity index (χ0n) is 11.7. The number of amides is 1. The number of sulfonamides is 1. The van der Waals surface area contributed by atoms with Gasteiger partial charge in [-0.25, -0.2) is 8.42 Å². The Morgan fingerprint density at radius 3 is 2.61 bits per heavy atom. The van der Waals surface area contributed by atoms with Gasteiger partial charge in [0.2, 0.25) is 0 Å². The van der Waals surface area contributed by atoms with Crippen LogP contribution in [0.2, 0.25) is 0 Å². The summed E-state index contributed by atoms with van der Waals surface area (Å²) in [5.74, 6) is 0.0778. The van der Waals surface area contributed by atoms with Crippen molar-refractivity contribution in [1.29, 1.82) is 5.26 Å². The van der Waals surface area contributed by atoms with Crippen LogP contribution in [0, 0.1) is 11.3 Å². The Bertz CT molecular complexity index is 915. The smallest absolute Gasteiger partial charge is 0.262 e. The van der Waals surface area contributed by atoms with Crippen molar-refractivity contribution < 1.29 is 17.9 Å². The van der Waals surface area contributed by atoms with Gasteiger partial charge < -0.3 is 10.1 Å². The average Bonchev–Trinajstić information content (AvgIpc) is 2.54. The van der Waals surface area contributed by atoms with E-state index in [4.69, 9.17) is 10.00 Å². The number of ether oxygens (including phenoxy) is 1. The van der Waals surface area contributed by atoms with Crippen molar-refractivity contribution in [2.75, 3.05) is 16.6 Å². The second kappa shape index (κ2) is 5.62. The maximum atomic E-state index is 12.4. The van der Waals surface area contributed by atoms with E-state index in [1.807, 2.05) is 6.07 Å². The molecular weight excluding hydrogens is 318 g/mol. The number of hydrogen-bond donors (Lipinski definition) is 2. The van der Waals surface area contributed by atoms with Gasteiger partial charge in [-0.05, 0) is 42.5 Å². The molecule has 1 aliphatic rings. The molecule has 0 saturated carbocycles. The molecule has 0 saturated heterocycles. The first-order valence-corrected chi connectivity index (χ1v) is 8.06. The third-order valence-electron chi connectivity index (χ3n) is 3.16. The summed E-state index contributed by atoms with van der Waals surface area (Å²) >= 11 is 0. The Balaban J connectivity index is 1.89. The molecule has 2 N–H and O–H groups in total. The first-order valence-electron chi connectivity index (χ1n) is 6.58. The Hall–Kier alpha value is -3.05. The molecule has 0 bridgehead atoms. The SMILES string of the molecule is N#Cc1ccc(NS(=O)(=O)c2ccc3c(c2)NC(=O)CO3)cc1. The molecule has 2 aromatic rings. The number of fused-ring (bicyclic) bond motifs is 1.